The molecule has 0 saturated carbocycles. The van der Waals surface area contributed by atoms with E-state index in [1.807, 2.05) is 18.2 Å². The number of hydrogen-bond donors (Lipinski definition) is 0. The average molecular weight is 332 g/mol. The number of hydrogen-bond acceptors (Lipinski definition) is 2. The molecule has 0 amide bonds. The Morgan fingerprint density at radius 2 is 2.24 bits per heavy atom. The predicted molar refractivity (Wildman–Crippen MR) is 77.7 cm³/mol. The SMILES string of the molecule is COc1ccc(Cl)cc1C(Br)Cc1ccsc1. The molecule has 1 heterocycles. The standard InChI is InChI=1S/C13H12BrClOS/c1-16-13-3-2-10(15)7-11(13)12(14)6-9-4-5-17-8-9/h2-5,7-8,12H,6H2,1H3. The predicted octanol–water partition coefficient (Wildman–Crippen LogP) is 5.09. The largest absolute Gasteiger partial charge is 0.496 e. The van der Waals surface area contributed by atoms with Crippen LogP contribution in [-0.4, -0.2) is 7.11 Å². The number of alkyl halides is 1. The summed E-state index contributed by atoms with van der Waals surface area (Å²) in [4.78, 5) is 0.214. The van der Waals surface area contributed by atoms with Crippen molar-refractivity contribution in [3.63, 3.8) is 0 Å². The van der Waals surface area contributed by atoms with Crippen LogP contribution in [0.3, 0.4) is 0 Å². The Labute approximate surface area is 119 Å². The second-order valence-electron chi connectivity index (χ2n) is 3.69. The summed E-state index contributed by atoms with van der Waals surface area (Å²) in [5.41, 5.74) is 2.41. The van der Waals surface area contributed by atoms with Crippen molar-refractivity contribution in [2.75, 3.05) is 7.11 Å². The molecule has 0 radical (unpaired) electrons. The van der Waals surface area contributed by atoms with E-state index < -0.39 is 0 Å². The molecule has 0 aliphatic rings. The molecular weight excluding hydrogens is 320 g/mol. The van der Waals surface area contributed by atoms with Gasteiger partial charge in [-0.2, -0.15) is 11.3 Å². The molecule has 0 spiro atoms. The first-order chi connectivity index (χ1) is 8.20. The van der Waals surface area contributed by atoms with E-state index in [-0.39, 0.29) is 4.83 Å². The van der Waals surface area contributed by atoms with E-state index in [1.54, 1.807) is 18.4 Å². The molecule has 0 aliphatic carbocycles. The molecule has 0 aliphatic heterocycles. The first-order valence-electron chi connectivity index (χ1n) is 5.19. The highest BCUT2D eigenvalue weighted by Crippen LogP contribution is 2.35. The van der Waals surface area contributed by atoms with Gasteiger partial charge in [0.25, 0.3) is 0 Å². The molecule has 2 aromatic rings. The molecule has 0 fully saturated rings. The normalized spacial score (nSPS) is 12.4. The average Bonchev–Trinajstić information content (AvgIpc) is 2.81. The van der Waals surface area contributed by atoms with E-state index >= 15 is 0 Å². The Morgan fingerprint density at radius 1 is 1.41 bits per heavy atom. The summed E-state index contributed by atoms with van der Waals surface area (Å²) in [5, 5.41) is 4.98. The summed E-state index contributed by atoms with van der Waals surface area (Å²) in [6, 6.07) is 7.83. The number of thiophene rings is 1. The molecule has 0 saturated heterocycles. The summed E-state index contributed by atoms with van der Waals surface area (Å²) in [7, 11) is 1.68. The van der Waals surface area contributed by atoms with Crippen LogP contribution in [0.2, 0.25) is 5.02 Å². The Balaban J connectivity index is 2.23. The van der Waals surface area contributed by atoms with Crippen molar-refractivity contribution in [1.82, 2.24) is 0 Å². The molecule has 0 bridgehead atoms. The topological polar surface area (TPSA) is 9.23 Å². The Kier molecular flexibility index (Phi) is 4.48. The van der Waals surface area contributed by atoms with Crippen molar-refractivity contribution in [2.45, 2.75) is 11.2 Å². The lowest BCUT2D eigenvalue weighted by molar-refractivity contribution is 0.409. The quantitative estimate of drug-likeness (QED) is 0.709. The van der Waals surface area contributed by atoms with Crippen LogP contribution in [0.4, 0.5) is 0 Å². The van der Waals surface area contributed by atoms with Gasteiger partial charge in [0, 0.05) is 15.4 Å². The third kappa shape index (κ3) is 3.24. The van der Waals surface area contributed by atoms with Gasteiger partial charge < -0.3 is 4.74 Å². The lowest BCUT2D eigenvalue weighted by Crippen LogP contribution is -1.98. The number of benzene rings is 1. The van der Waals surface area contributed by atoms with Crippen molar-refractivity contribution in [3.8, 4) is 5.75 Å². The Bertz CT molecular complexity index is 484. The van der Waals surface area contributed by atoms with Gasteiger partial charge in [-0.1, -0.05) is 27.5 Å². The zero-order valence-corrected chi connectivity index (χ0v) is 12.5. The molecule has 1 aromatic heterocycles. The van der Waals surface area contributed by atoms with E-state index in [1.165, 1.54) is 5.56 Å². The highest BCUT2D eigenvalue weighted by Gasteiger charge is 2.14. The molecule has 17 heavy (non-hydrogen) atoms. The van der Waals surface area contributed by atoms with Gasteiger partial charge in [0.05, 0.1) is 7.11 Å². The minimum absolute atomic E-state index is 0.214. The van der Waals surface area contributed by atoms with Crippen LogP contribution in [0.1, 0.15) is 16.0 Å². The third-order valence-corrected chi connectivity index (χ3v) is 4.31. The van der Waals surface area contributed by atoms with Crippen molar-refractivity contribution in [1.29, 1.82) is 0 Å². The van der Waals surface area contributed by atoms with Gasteiger partial charge in [-0.3, -0.25) is 0 Å². The summed E-state index contributed by atoms with van der Waals surface area (Å²) in [5.74, 6) is 0.867. The maximum atomic E-state index is 6.03. The zero-order valence-electron chi connectivity index (χ0n) is 9.32. The number of ether oxygens (including phenoxy) is 1. The maximum Gasteiger partial charge on any atom is 0.123 e. The monoisotopic (exact) mass is 330 g/mol. The van der Waals surface area contributed by atoms with Crippen LogP contribution in [0.5, 0.6) is 5.75 Å². The minimum atomic E-state index is 0.214. The van der Waals surface area contributed by atoms with Crippen LogP contribution in [0, 0.1) is 0 Å². The van der Waals surface area contributed by atoms with Gasteiger partial charge in [0.2, 0.25) is 0 Å². The maximum absolute atomic E-state index is 6.03. The van der Waals surface area contributed by atoms with Gasteiger partial charge in [-0.25, -0.2) is 0 Å². The second kappa shape index (κ2) is 5.89. The highest BCUT2D eigenvalue weighted by molar-refractivity contribution is 9.09. The zero-order chi connectivity index (χ0) is 12.3. The van der Waals surface area contributed by atoms with Gasteiger partial charge in [-0.15, -0.1) is 0 Å². The van der Waals surface area contributed by atoms with Crippen molar-refractivity contribution in [3.05, 3.63) is 51.2 Å². The van der Waals surface area contributed by atoms with E-state index in [4.69, 9.17) is 16.3 Å². The van der Waals surface area contributed by atoms with Crippen LogP contribution >= 0.6 is 38.9 Å². The molecule has 4 heteroatoms. The fourth-order valence-corrected chi connectivity index (χ4v) is 3.27. The number of halogens is 2. The molecule has 2 rings (SSSR count). The fourth-order valence-electron chi connectivity index (χ4n) is 1.68. The van der Waals surface area contributed by atoms with Crippen LogP contribution in [0.15, 0.2) is 35.0 Å². The fraction of sp³-hybridized carbons (Fsp3) is 0.231. The summed E-state index contributed by atoms with van der Waals surface area (Å²) >= 11 is 11.4. The Hall–Kier alpha value is -0.510. The lowest BCUT2D eigenvalue weighted by Gasteiger charge is -2.14. The van der Waals surface area contributed by atoms with Crippen molar-refractivity contribution >= 4 is 38.9 Å². The van der Waals surface area contributed by atoms with E-state index in [2.05, 4.69) is 32.8 Å². The van der Waals surface area contributed by atoms with E-state index in [9.17, 15) is 0 Å². The summed E-state index contributed by atoms with van der Waals surface area (Å²) in [6.45, 7) is 0. The van der Waals surface area contributed by atoms with Gasteiger partial charge in [-0.05, 0) is 47.0 Å². The van der Waals surface area contributed by atoms with Crippen molar-refractivity contribution in [2.24, 2.45) is 0 Å². The van der Waals surface area contributed by atoms with Gasteiger partial charge in [0.1, 0.15) is 5.75 Å². The molecule has 1 nitrogen and oxygen atoms in total. The first kappa shape index (κ1) is 12.9. The van der Waals surface area contributed by atoms with Crippen LogP contribution < -0.4 is 4.74 Å². The minimum Gasteiger partial charge on any atom is -0.496 e. The van der Waals surface area contributed by atoms with E-state index in [0.717, 1.165) is 22.8 Å². The Morgan fingerprint density at radius 3 is 2.88 bits per heavy atom. The summed E-state index contributed by atoms with van der Waals surface area (Å²) in [6.07, 6.45) is 0.931. The van der Waals surface area contributed by atoms with Gasteiger partial charge >= 0.3 is 0 Å². The molecular formula is C13H12BrClOS. The van der Waals surface area contributed by atoms with Crippen LogP contribution in [0.25, 0.3) is 0 Å². The smallest absolute Gasteiger partial charge is 0.123 e. The molecule has 0 N–H and O–H groups in total. The first-order valence-corrected chi connectivity index (χ1v) is 7.43. The van der Waals surface area contributed by atoms with Gasteiger partial charge in [0.15, 0.2) is 0 Å². The summed E-state index contributed by atoms with van der Waals surface area (Å²) < 4.78 is 5.35. The van der Waals surface area contributed by atoms with Crippen LogP contribution in [-0.2, 0) is 6.42 Å². The third-order valence-electron chi connectivity index (χ3n) is 2.52. The highest BCUT2D eigenvalue weighted by atomic mass is 79.9. The second-order valence-corrected chi connectivity index (χ2v) is 6.01. The van der Waals surface area contributed by atoms with Crippen molar-refractivity contribution < 1.29 is 4.74 Å². The van der Waals surface area contributed by atoms with E-state index in [0.29, 0.717) is 0 Å². The molecule has 1 unspecified atom stereocenters. The lowest BCUT2D eigenvalue weighted by atomic mass is 10.1. The molecule has 1 aromatic carbocycles. The molecule has 1 atom stereocenters. The molecule has 90 valence electrons. The number of rotatable bonds is 4. The number of methoxy groups -OCH3 is 1.